The molecule has 0 radical (unpaired) electrons. The molecule has 2 aromatic carbocycles. The Bertz CT molecular complexity index is 1140. The maximum atomic E-state index is 12.4. The number of nitro groups is 1. The lowest BCUT2D eigenvalue weighted by atomic mass is 10.1. The second-order valence-corrected chi connectivity index (χ2v) is 7.86. The minimum absolute atomic E-state index is 0.00361. The Morgan fingerprint density at radius 1 is 1.10 bits per heavy atom. The molecule has 9 nitrogen and oxygen atoms in total. The molecule has 1 aromatic heterocycles. The molecule has 2 N–H and O–H groups in total. The van der Waals surface area contributed by atoms with E-state index in [-0.39, 0.29) is 22.7 Å². The molecule has 0 saturated carbocycles. The molecule has 0 spiro atoms. The predicted octanol–water partition coefficient (Wildman–Crippen LogP) is 3.23. The van der Waals surface area contributed by atoms with E-state index in [9.17, 15) is 23.3 Å². The van der Waals surface area contributed by atoms with Crippen LogP contribution in [0.2, 0.25) is 0 Å². The van der Waals surface area contributed by atoms with E-state index in [1.54, 1.807) is 18.2 Å². The van der Waals surface area contributed by atoms with Crippen molar-refractivity contribution >= 4 is 27.3 Å². The number of rotatable bonds is 7. The maximum absolute atomic E-state index is 12.4. The Morgan fingerprint density at radius 3 is 2.45 bits per heavy atom. The molecule has 0 aliphatic heterocycles. The molecule has 3 aromatic rings. The summed E-state index contributed by atoms with van der Waals surface area (Å²) in [7, 11) is -3.78. The lowest BCUT2D eigenvalue weighted by Gasteiger charge is -2.09. The van der Waals surface area contributed by atoms with Gasteiger partial charge < -0.3 is 9.73 Å². The van der Waals surface area contributed by atoms with Gasteiger partial charge in [0.15, 0.2) is 0 Å². The van der Waals surface area contributed by atoms with Gasteiger partial charge in [-0.1, -0.05) is 6.07 Å². The molecule has 0 atom stereocenters. The third-order valence-corrected chi connectivity index (χ3v) is 5.61. The van der Waals surface area contributed by atoms with Gasteiger partial charge in [-0.25, -0.2) is 13.1 Å². The highest BCUT2D eigenvalue weighted by molar-refractivity contribution is 7.89. The van der Waals surface area contributed by atoms with Gasteiger partial charge in [0.2, 0.25) is 10.0 Å². The Kier molecular flexibility index (Phi) is 5.76. The van der Waals surface area contributed by atoms with E-state index in [0.29, 0.717) is 17.0 Å². The van der Waals surface area contributed by atoms with Gasteiger partial charge >= 0.3 is 0 Å². The van der Waals surface area contributed by atoms with Gasteiger partial charge in [0.25, 0.3) is 11.6 Å². The van der Waals surface area contributed by atoms with Crippen LogP contribution in [0.15, 0.2) is 70.2 Å². The van der Waals surface area contributed by atoms with Crippen molar-refractivity contribution in [1.29, 1.82) is 0 Å². The predicted molar refractivity (Wildman–Crippen MR) is 105 cm³/mol. The molecule has 0 aliphatic rings. The first-order valence-corrected chi connectivity index (χ1v) is 9.94. The largest absolute Gasteiger partial charge is 0.468 e. The Labute approximate surface area is 166 Å². The average molecular weight is 415 g/mol. The van der Waals surface area contributed by atoms with Gasteiger partial charge in [-0.15, -0.1) is 0 Å². The number of nitrogens with zero attached hydrogens (tertiary/aromatic N) is 1. The van der Waals surface area contributed by atoms with Gasteiger partial charge in [-0.2, -0.15) is 0 Å². The van der Waals surface area contributed by atoms with Gasteiger partial charge in [-0.3, -0.25) is 14.9 Å². The lowest BCUT2D eigenvalue weighted by molar-refractivity contribution is -0.385. The van der Waals surface area contributed by atoms with E-state index in [4.69, 9.17) is 4.42 Å². The molecule has 3 rings (SSSR count). The molecule has 1 amide bonds. The Morgan fingerprint density at radius 2 is 1.83 bits per heavy atom. The molecular formula is C19H17N3O6S. The summed E-state index contributed by atoms with van der Waals surface area (Å²) < 4.78 is 32.1. The molecule has 0 fully saturated rings. The topological polar surface area (TPSA) is 132 Å². The van der Waals surface area contributed by atoms with Crippen LogP contribution < -0.4 is 10.0 Å². The van der Waals surface area contributed by atoms with E-state index in [2.05, 4.69) is 10.0 Å². The van der Waals surface area contributed by atoms with E-state index in [1.165, 1.54) is 49.6 Å². The van der Waals surface area contributed by atoms with Crippen molar-refractivity contribution in [2.24, 2.45) is 0 Å². The number of furan rings is 1. The quantitative estimate of drug-likeness (QED) is 0.450. The van der Waals surface area contributed by atoms with Crippen molar-refractivity contribution in [3.05, 3.63) is 87.9 Å². The van der Waals surface area contributed by atoms with Crippen molar-refractivity contribution in [1.82, 2.24) is 4.72 Å². The molecule has 0 bridgehead atoms. The van der Waals surface area contributed by atoms with Crippen LogP contribution in [-0.2, 0) is 16.6 Å². The summed E-state index contributed by atoms with van der Waals surface area (Å²) >= 11 is 0. The van der Waals surface area contributed by atoms with Crippen molar-refractivity contribution in [3.63, 3.8) is 0 Å². The van der Waals surface area contributed by atoms with Crippen molar-refractivity contribution in [3.8, 4) is 0 Å². The van der Waals surface area contributed by atoms with Gasteiger partial charge in [-0.05, 0) is 49.4 Å². The van der Waals surface area contributed by atoms with Crippen LogP contribution >= 0.6 is 0 Å². The monoisotopic (exact) mass is 415 g/mol. The molecule has 0 unspecified atom stereocenters. The van der Waals surface area contributed by atoms with Gasteiger partial charge in [0.05, 0.1) is 33.9 Å². The van der Waals surface area contributed by atoms with Crippen LogP contribution in [0.25, 0.3) is 0 Å². The molecule has 0 aliphatic carbocycles. The zero-order valence-corrected chi connectivity index (χ0v) is 16.1. The zero-order chi connectivity index (χ0) is 21.0. The number of amides is 1. The highest BCUT2D eigenvalue weighted by Crippen LogP contribution is 2.25. The molecular weight excluding hydrogens is 398 g/mol. The Balaban J connectivity index is 1.72. The number of carbonyl (C=O) groups excluding carboxylic acids is 1. The van der Waals surface area contributed by atoms with Crippen LogP contribution in [-0.4, -0.2) is 19.2 Å². The molecule has 0 saturated heterocycles. The third kappa shape index (κ3) is 4.68. The Hall–Kier alpha value is -3.50. The number of hydrogen-bond donors (Lipinski definition) is 2. The fraction of sp³-hybridized carbons (Fsp3) is 0.105. The van der Waals surface area contributed by atoms with Crippen molar-refractivity contribution < 1.29 is 22.6 Å². The van der Waals surface area contributed by atoms with Crippen LogP contribution in [0, 0.1) is 17.0 Å². The number of sulfonamides is 1. The summed E-state index contributed by atoms with van der Waals surface area (Å²) in [4.78, 5) is 22.9. The summed E-state index contributed by atoms with van der Waals surface area (Å²) in [6, 6.07) is 13.0. The molecule has 29 heavy (non-hydrogen) atoms. The molecule has 150 valence electrons. The first kappa shape index (κ1) is 20.2. The normalized spacial score (nSPS) is 11.2. The summed E-state index contributed by atoms with van der Waals surface area (Å²) in [5.41, 5.74) is 0.737. The van der Waals surface area contributed by atoms with Crippen LogP contribution in [0.5, 0.6) is 0 Å². The SMILES string of the molecule is Cc1c(NC(=O)c2ccc(S(=O)(=O)NCc3ccco3)cc2)cccc1[N+](=O)[O-]. The smallest absolute Gasteiger partial charge is 0.274 e. The molecule has 10 heteroatoms. The van der Waals surface area contributed by atoms with E-state index >= 15 is 0 Å². The van der Waals surface area contributed by atoms with E-state index < -0.39 is 20.9 Å². The zero-order valence-electron chi connectivity index (χ0n) is 15.3. The van der Waals surface area contributed by atoms with Crippen molar-refractivity contribution in [2.45, 2.75) is 18.4 Å². The van der Waals surface area contributed by atoms with Crippen molar-refractivity contribution in [2.75, 3.05) is 5.32 Å². The lowest BCUT2D eigenvalue weighted by Crippen LogP contribution is -2.23. The number of carbonyl (C=O) groups is 1. The fourth-order valence-electron chi connectivity index (χ4n) is 2.60. The standard InChI is InChI=1S/C19H17N3O6S/c1-13-17(5-2-6-18(13)22(24)25)21-19(23)14-7-9-16(10-8-14)29(26,27)20-12-15-4-3-11-28-15/h2-11,20H,12H2,1H3,(H,21,23). The highest BCUT2D eigenvalue weighted by Gasteiger charge is 2.17. The minimum Gasteiger partial charge on any atom is -0.468 e. The summed E-state index contributed by atoms with van der Waals surface area (Å²) in [5.74, 6) is -0.0435. The summed E-state index contributed by atoms with van der Waals surface area (Å²) in [6.07, 6.45) is 1.44. The van der Waals surface area contributed by atoms with Crippen LogP contribution in [0.3, 0.4) is 0 Å². The summed E-state index contributed by atoms with van der Waals surface area (Å²) in [6.45, 7) is 1.54. The fourth-order valence-corrected chi connectivity index (χ4v) is 3.59. The first-order valence-electron chi connectivity index (χ1n) is 8.45. The number of nitro benzene ring substituents is 1. The minimum atomic E-state index is -3.78. The number of anilines is 1. The average Bonchev–Trinajstić information content (AvgIpc) is 3.22. The van der Waals surface area contributed by atoms with Gasteiger partial charge in [0, 0.05) is 11.6 Å². The van der Waals surface area contributed by atoms with Gasteiger partial charge in [0.1, 0.15) is 5.76 Å². The highest BCUT2D eigenvalue weighted by atomic mass is 32.2. The summed E-state index contributed by atoms with van der Waals surface area (Å²) in [5, 5.41) is 13.6. The number of benzene rings is 2. The third-order valence-electron chi connectivity index (χ3n) is 4.19. The second-order valence-electron chi connectivity index (χ2n) is 6.09. The van der Waals surface area contributed by atoms with E-state index in [0.717, 1.165) is 0 Å². The number of hydrogen-bond acceptors (Lipinski definition) is 6. The van der Waals surface area contributed by atoms with Crippen LogP contribution in [0.1, 0.15) is 21.7 Å². The maximum Gasteiger partial charge on any atom is 0.274 e. The van der Waals surface area contributed by atoms with Crippen LogP contribution in [0.4, 0.5) is 11.4 Å². The van der Waals surface area contributed by atoms with E-state index in [1.807, 2.05) is 0 Å². The number of nitrogens with one attached hydrogen (secondary N) is 2. The first-order chi connectivity index (χ1) is 13.8. The molecule has 1 heterocycles. The second kappa shape index (κ2) is 8.25.